The lowest BCUT2D eigenvalue weighted by Gasteiger charge is -2.33. The summed E-state index contributed by atoms with van der Waals surface area (Å²) in [6, 6.07) is 0. The number of rotatable bonds is 7. The molecular weight excluding hydrogens is 358 g/mol. The highest BCUT2D eigenvalue weighted by Crippen LogP contribution is 2.25. The maximum Gasteiger partial charge on any atom is 0.339 e. The van der Waals surface area contributed by atoms with E-state index in [2.05, 4.69) is 11.9 Å². The topological polar surface area (TPSA) is 82.7 Å². The third-order valence-electron chi connectivity index (χ3n) is 5.64. The van der Waals surface area contributed by atoms with E-state index < -0.39 is 5.97 Å². The van der Waals surface area contributed by atoms with Crippen molar-refractivity contribution in [2.24, 2.45) is 5.92 Å². The first-order chi connectivity index (χ1) is 13.3. The van der Waals surface area contributed by atoms with Gasteiger partial charge in [0.1, 0.15) is 5.69 Å². The predicted octanol–water partition coefficient (Wildman–Crippen LogP) is 2.78. The van der Waals surface area contributed by atoms with Gasteiger partial charge in [0, 0.05) is 38.3 Å². The van der Waals surface area contributed by atoms with E-state index in [0.29, 0.717) is 49.2 Å². The fourth-order valence-corrected chi connectivity index (χ4v) is 3.82. The number of H-pyrrole nitrogens is 1. The van der Waals surface area contributed by atoms with Gasteiger partial charge in [0.25, 0.3) is 5.91 Å². The Morgan fingerprint density at radius 2 is 1.86 bits per heavy atom. The lowest BCUT2D eigenvalue weighted by molar-refractivity contribution is -0.135. The summed E-state index contributed by atoms with van der Waals surface area (Å²) in [5.41, 5.74) is 2.25. The maximum atomic E-state index is 13.0. The summed E-state index contributed by atoms with van der Waals surface area (Å²) in [6.07, 6.45) is 4.02. The zero-order valence-electron chi connectivity index (χ0n) is 17.8. The lowest BCUT2D eigenvalue weighted by Crippen LogP contribution is -2.43. The molecule has 1 aliphatic heterocycles. The number of amides is 2. The summed E-state index contributed by atoms with van der Waals surface area (Å²) in [4.78, 5) is 44.4. The number of methoxy groups -OCH3 is 1. The number of nitrogens with zero attached hydrogens (tertiary/aromatic N) is 2. The van der Waals surface area contributed by atoms with Crippen LogP contribution in [-0.2, 0) is 16.0 Å². The van der Waals surface area contributed by atoms with E-state index in [0.717, 1.165) is 25.1 Å². The molecule has 156 valence electrons. The molecule has 2 amide bonds. The van der Waals surface area contributed by atoms with E-state index in [1.54, 1.807) is 11.8 Å². The molecule has 1 saturated heterocycles. The number of unbranched alkanes of at least 4 members (excludes halogenated alkanes) is 1. The van der Waals surface area contributed by atoms with Gasteiger partial charge in [-0.1, -0.05) is 20.3 Å². The molecular formula is C21H33N3O4. The van der Waals surface area contributed by atoms with Crippen molar-refractivity contribution >= 4 is 17.8 Å². The molecule has 1 aromatic heterocycles. The van der Waals surface area contributed by atoms with Crippen LogP contribution in [0.4, 0.5) is 0 Å². The number of piperidine rings is 1. The smallest absolute Gasteiger partial charge is 0.339 e. The molecule has 1 aliphatic rings. The van der Waals surface area contributed by atoms with Crippen molar-refractivity contribution < 1.29 is 19.1 Å². The summed E-state index contributed by atoms with van der Waals surface area (Å²) in [5, 5.41) is 0. The van der Waals surface area contributed by atoms with E-state index in [-0.39, 0.29) is 17.7 Å². The van der Waals surface area contributed by atoms with Gasteiger partial charge in [0.05, 0.1) is 12.7 Å². The summed E-state index contributed by atoms with van der Waals surface area (Å²) in [7, 11) is 3.20. The van der Waals surface area contributed by atoms with Gasteiger partial charge >= 0.3 is 5.97 Å². The first kappa shape index (κ1) is 22.0. The number of ether oxygens (including phenoxy) is 1. The van der Waals surface area contributed by atoms with Gasteiger partial charge in [0.2, 0.25) is 5.91 Å². The van der Waals surface area contributed by atoms with Crippen LogP contribution in [0.15, 0.2) is 0 Å². The summed E-state index contributed by atoms with van der Waals surface area (Å²) >= 11 is 0. The number of aromatic amines is 1. The van der Waals surface area contributed by atoms with Crippen molar-refractivity contribution in [3.05, 3.63) is 22.5 Å². The third-order valence-corrected chi connectivity index (χ3v) is 5.64. The average molecular weight is 392 g/mol. The van der Waals surface area contributed by atoms with Gasteiger partial charge in [-0.15, -0.1) is 0 Å². The van der Waals surface area contributed by atoms with Crippen molar-refractivity contribution in [1.82, 2.24) is 14.8 Å². The maximum absolute atomic E-state index is 13.0. The van der Waals surface area contributed by atoms with Gasteiger partial charge in [-0.2, -0.15) is 0 Å². The van der Waals surface area contributed by atoms with Crippen LogP contribution in [0, 0.1) is 12.8 Å². The minimum absolute atomic E-state index is 0.0209. The van der Waals surface area contributed by atoms with Crippen LogP contribution in [0.3, 0.4) is 0 Å². The Hall–Kier alpha value is -2.31. The van der Waals surface area contributed by atoms with E-state index >= 15 is 0 Å². The molecule has 7 nitrogen and oxygen atoms in total. The standard InChI is InChI=1S/C21H33N3O4/c1-6-8-11-23(4)19(25)15-9-12-24(13-10-15)20(26)18-14(3)17(21(27)28-5)16(7-2)22-18/h15,22H,6-13H2,1-5H3. The number of aromatic nitrogens is 1. The SMILES string of the molecule is CCCCN(C)C(=O)C1CCN(C(=O)c2[nH]c(CC)c(C(=O)OC)c2C)CC1. The minimum Gasteiger partial charge on any atom is -0.465 e. The summed E-state index contributed by atoms with van der Waals surface area (Å²) < 4.78 is 4.86. The van der Waals surface area contributed by atoms with Gasteiger partial charge < -0.3 is 19.5 Å². The van der Waals surface area contributed by atoms with Crippen LogP contribution in [0.1, 0.15) is 71.6 Å². The molecule has 0 unspecified atom stereocenters. The Labute approximate surface area is 167 Å². The fourth-order valence-electron chi connectivity index (χ4n) is 3.82. The zero-order valence-corrected chi connectivity index (χ0v) is 17.8. The number of carbonyl (C=O) groups is 3. The quantitative estimate of drug-likeness (QED) is 0.725. The summed E-state index contributed by atoms with van der Waals surface area (Å²) in [6.45, 7) is 7.69. The third kappa shape index (κ3) is 4.56. The van der Waals surface area contributed by atoms with E-state index in [4.69, 9.17) is 4.74 Å². The highest BCUT2D eigenvalue weighted by molar-refractivity contribution is 6.00. The second kappa shape index (κ2) is 9.75. The van der Waals surface area contributed by atoms with Crippen molar-refractivity contribution in [3.8, 4) is 0 Å². The number of nitrogens with one attached hydrogen (secondary N) is 1. The number of esters is 1. The molecule has 2 rings (SSSR count). The molecule has 0 atom stereocenters. The minimum atomic E-state index is -0.427. The zero-order chi connectivity index (χ0) is 20.8. The highest BCUT2D eigenvalue weighted by atomic mass is 16.5. The molecule has 28 heavy (non-hydrogen) atoms. The van der Waals surface area contributed by atoms with Gasteiger partial charge in [-0.05, 0) is 38.2 Å². The average Bonchev–Trinajstić information content (AvgIpc) is 3.06. The molecule has 1 aromatic rings. The molecule has 1 N–H and O–H groups in total. The largest absolute Gasteiger partial charge is 0.465 e. The van der Waals surface area contributed by atoms with E-state index in [1.165, 1.54) is 7.11 Å². The van der Waals surface area contributed by atoms with Crippen LogP contribution < -0.4 is 0 Å². The molecule has 0 bridgehead atoms. The second-order valence-electron chi connectivity index (χ2n) is 7.50. The number of hydrogen-bond acceptors (Lipinski definition) is 4. The Morgan fingerprint density at radius 3 is 2.39 bits per heavy atom. The number of hydrogen-bond donors (Lipinski definition) is 1. The first-order valence-corrected chi connectivity index (χ1v) is 10.2. The van der Waals surface area contributed by atoms with Crippen LogP contribution in [0.25, 0.3) is 0 Å². The van der Waals surface area contributed by atoms with Gasteiger partial charge in [-0.3, -0.25) is 9.59 Å². The van der Waals surface area contributed by atoms with Gasteiger partial charge in [0.15, 0.2) is 0 Å². The Morgan fingerprint density at radius 1 is 1.21 bits per heavy atom. The van der Waals surface area contributed by atoms with Crippen LogP contribution >= 0.6 is 0 Å². The van der Waals surface area contributed by atoms with E-state index in [1.807, 2.05) is 18.9 Å². The number of aryl methyl sites for hydroxylation is 1. The normalized spacial score (nSPS) is 14.8. The molecule has 2 heterocycles. The molecule has 0 saturated carbocycles. The van der Waals surface area contributed by atoms with Crippen molar-refractivity contribution in [2.45, 2.75) is 52.9 Å². The second-order valence-corrected chi connectivity index (χ2v) is 7.50. The first-order valence-electron chi connectivity index (χ1n) is 10.2. The Bertz CT molecular complexity index is 717. The number of carbonyl (C=O) groups excluding carboxylic acids is 3. The van der Waals surface area contributed by atoms with Crippen LogP contribution in [0.2, 0.25) is 0 Å². The lowest BCUT2D eigenvalue weighted by atomic mass is 9.95. The molecule has 0 radical (unpaired) electrons. The fraction of sp³-hybridized carbons (Fsp3) is 0.667. The predicted molar refractivity (Wildman–Crippen MR) is 107 cm³/mol. The van der Waals surface area contributed by atoms with E-state index in [9.17, 15) is 14.4 Å². The summed E-state index contributed by atoms with van der Waals surface area (Å²) in [5.74, 6) is -0.387. The highest BCUT2D eigenvalue weighted by Gasteiger charge is 2.32. The Kier molecular flexibility index (Phi) is 7.66. The Balaban J connectivity index is 2.05. The molecule has 7 heteroatoms. The van der Waals surface area contributed by atoms with Gasteiger partial charge in [-0.25, -0.2) is 4.79 Å². The number of likely N-dealkylation sites (tertiary alicyclic amines) is 1. The van der Waals surface area contributed by atoms with Crippen molar-refractivity contribution in [3.63, 3.8) is 0 Å². The van der Waals surface area contributed by atoms with Crippen LogP contribution in [-0.4, -0.2) is 66.4 Å². The molecule has 1 fully saturated rings. The molecule has 0 aliphatic carbocycles. The molecule has 0 spiro atoms. The molecule has 0 aromatic carbocycles. The monoisotopic (exact) mass is 391 g/mol. The van der Waals surface area contributed by atoms with Crippen molar-refractivity contribution in [2.75, 3.05) is 33.8 Å². The van der Waals surface area contributed by atoms with Crippen LogP contribution in [0.5, 0.6) is 0 Å². The van der Waals surface area contributed by atoms with Crippen molar-refractivity contribution in [1.29, 1.82) is 0 Å².